The van der Waals surface area contributed by atoms with Gasteiger partial charge < -0.3 is 13.9 Å². The van der Waals surface area contributed by atoms with Gasteiger partial charge in [-0.15, -0.1) is 11.3 Å². The first-order valence-corrected chi connectivity index (χ1v) is 11.0. The number of aromatic nitrogens is 1. The highest BCUT2D eigenvalue weighted by Gasteiger charge is 2.34. The Balaban J connectivity index is 1.85. The molecule has 9 heteroatoms. The van der Waals surface area contributed by atoms with Crippen molar-refractivity contribution in [2.24, 2.45) is 4.99 Å². The largest absolute Gasteiger partial charge is 0.462 e. The van der Waals surface area contributed by atoms with E-state index in [9.17, 15) is 9.59 Å². The van der Waals surface area contributed by atoms with Crippen molar-refractivity contribution >= 4 is 34.7 Å². The summed E-state index contributed by atoms with van der Waals surface area (Å²) in [5.41, 5.74) is 0.680. The topological polar surface area (TPSA) is 83.0 Å². The minimum atomic E-state index is -0.586. The second kappa shape index (κ2) is 8.55. The predicted molar refractivity (Wildman–Crippen MR) is 114 cm³/mol. The lowest BCUT2D eigenvalue weighted by Gasteiger charge is -2.23. The number of rotatable bonds is 6. The van der Waals surface area contributed by atoms with Crippen molar-refractivity contribution in [3.8, 4) is 0 Å². The first kappa shape index (κ1) is 20.5. The van der Waals surface area contributed by atoms with Gasteiger partial charge >= 0.3 is 5.97 Å². The van der Waals surface area contributed by atoms with Crippen LogP contribution in [0.25, 0.3) is 6.08 Å². The molecule has 1 aliphatic rings. The van der Waals surface area contributed by atoms with Gasteiger partial charge in [0.05, 0.1) is 22.4 Å². The molecule has 0 aromatic carbocycles. The lowest BCUT2D eigenvalue weighted by Crippen LogP contribution is -2.39. The molecule has 0 radical (unpaired) electrons. The lowest BCUT2D eigenvalue weighted by atomic mass is 10.0. The van der Waals surface area contributed by atoms with E-state index >= 15 is 0 Å². The monoisotopic (exact) mass is 444 g/mol. The molecule has 0 aliphatic carbocycles. The molecule has 30 heavy (non-hydrogen) atoms. The standard InChI is InChI=1S/C21H20N2O5S2/c1-12-6-7-14(28-12)11-16-19(24)23-18(15-5-4-10-29-15)17(13(2)22-21(23)30-16)20(25)27-9-8-26-3/h4-7,10-11,18H,8-9H2,1-3H3/b16-11-. The third-order valence-corrected chi connectivity index (χ3v) is 6.52. The molecule has 4 heterocycles. The first-order valence-electron chi connectivity index (χ1n) is 9.28. The van der Waals surface area contributed by atoms with Crippen LogP contribution in [0.2, 0.25) is 0 Å². The molecule has 0 spiro atoms. The van der Waals surface area contributed by atoms with Crippen LogP contribution in [-0.4, -0.2) is 30.9 Å². The molecule has 3 aromatic heterocycles. The Hall–Kier alpha value is -2.75. The van der Waals surface area contributed by atoms with Crippen LogP contribution in [0.5, 0.6) is 0 Å². The fourth-order valence-corrected chi connectivity index (χ4v) is 5.10. The summed E-state index contributed by atoms with van der Waals surface area (Å²) in [5, 5.41) is 1.92. The summed E-state index contributed by atoms with van der Waals surface area (Å²) in [7, 11) is 1.54. The van der Waals surface area contributed by atoms with Crippen molar-refractivity contribution in [1.82, 2.24) is 4.57 Å². The Labute approximate surface area is 180 Å². The van der Waals surface area contributed by atoms with E-state index in [0.29, 0.717) is 33.0 Å². The number of esters is 1. The molecule has 1 atom stereocenters. The van der Waals surface area contributed by atoms with Crippen LogP contribution < -0.4 is 14.9 Å². The quantitative estimate of drug-likeness (QED) is 0.431. The maximum absolute atomic E-state index is 13.3. The average Bonchev–Trinajstić information content (AvgIpc) is 3.43. The number of thiazole rings is 1. The van der Waals surface area contributed by atoms with E-state index < -0.39 is 12.0 Å². The second-order valence-corrected chi connectivity index (χ2v) is 8.66. The van der Waals surface area contributed by atoms with Gasteiger partial charge in [0, 0.05) is 18.1 Å². The number of thiophene rings is 1. The van der Waals surface area contributed by atoms with Crippen molar-refractivity contribution in [1.29, 1.82) is 0 Å². The first-order chi connectivity index (χ1) is 14.5. The van der Waals surface area contributed by atoms with E-state index in [1.165, 1.54) is 22.7 Å². The number of ether oxygens (including phenoxy) is 2. The molecule has 0 bridgehead atoms. The van der Waals surface area contributed by atoms with Crippen LogP contribution in [0.1, 0.15) is 29.4 Å². The van der Waals surface area contributed by atoms with E-state index in [1.54, 1.807) is 24.7 Å². The summed E-state index contributed by atoms with van der Waals surface area (Å²) in [6.45, 7) is 4.04. The van der Waals surface area contributed by atoms with E-state index in [0.717, 1.165) is 10.6 Å². The highest BCUT2D eigenvalue weighted by molar-refractivity contribution is 7.10. The fourth-order valence-electron chi connectivity index (χ4n) is 3.25. The van der Waals surface area contributed by atoms with Gasteiger partial charge in [-0.05, 0) is 37.4 Å². The Bertz CT molecular complexity index is 1280. The molecular formula is C21H20N2O5S2. The number of hydrogen-bond donors (Lipinski definition) is 0. The Morgan fingerprint density at radius 1 is 1.30 bits per heavy atom. The number of aryl methyl sites for hydroxylation is 1. The summed E-state index contributed by atoms with van der Waals surface area (Å²) < 4.78 is 18.0. The van der Waals surface area contributed by atoms with Gasteiger partial charge in [-0.2, -0.15) is 0 Å². The molecular weight excluding hydrogens is 424 g/mol. The van der Waals surface area contributed by atoms with Gasteiger partial charge in [-0.3, -0.25) is 9.36 Å². The van der Waals surface area contributed by atoms with Gasteiger partial charge in [0.2, 0.25) is 0 Å². The van der Waals surface area contributed by atoms with E-state index in [2.05, 4.69) is 4.99 Å². The minimum absolute atomic E-state index is 0.130. The van der Waals surface area contributed by atoms with Gasteiger partial charge in [0.15, 0.2) is 4.80 Å². The van der Waals surface area contributed by atoms with Crippen LogP contribution in [0.3, 0.4) is 0 Å². The number of carbonyl (C=O) groups excluding carboxylic acids is 1. The molecule has 7 nitrogen and oxygen atoms in total. The van der Waals surface area contributed by atoms with Crippen LogP contribution in [0.4, 0.5) is 0 Å². The Morgan fingerprint density at radius 3 is 2.80 bits per heavy atom. The number of allylic oxidation sites excluding steroid dienone is 1. The number of methoxy groups -OCH3 is 1. The van der Waals surface area contributed by atoms with Crippen LogP contribution in [-0.2, 0) is 14.3 Å². The third-order valence-electron chi connectivity index (χ3n) is 4.61. The zero-order valence-corrected chi connectivity index (χ0v) is 18.3. The smallest absolute Gasteiger partial charge is 0.338 e. The third kappa shape index (κ3) is 3.83. The number of nitrogens with zero attached hydrogens (tertiary/aromatic N) is 2. The molecule has 0 N–H and O–H groups in total. The van der Waals surface area contributed by atoms with Crippen molar-refractivity contribution in [2.45, 2.75) is 19.9 Å². The molecule has 0 saturated carbocycles. The summed E-state index contributed by atoms with van der Waals surface area (Å²) in [6, 6.07) is 6.87. The lowest BCUT2D eigenvalue weighted by molar-refractivity contribution is -0.140. The summed E-state index contributed by atoms with van der Waals surface area (Å²) >= 11 is 2.75. The fraction of sp³-hybridized carbons (Fsp3) is 0.286. The summed E-state index contributed by atoms with van der Waals surface area (Å²) in [5.74, 6) is 0.866. The number of furan rings is 1. The van der Waals surface area contributed by atoms with E-state index in [-0.39, 0.29) is 12.2 Å². The number of hydrogen-bond acceptors (Lipinski definition) is 8. The minimum Gasteiger partial charge on any atom is -0.462 e. The zero-order valence-electron chi connectivity index (χ0n) is 16.7. The highest BCUT2D eigenvalue weighted by atomic mass is 32.1. The highest BCUT2D eigenvalue weighted by Crippen LogP contribution is 2.33. The van der Waals surface area contributed by atoms with Crippen molar-refractivity contribution < 1.29 is 18.7 Å². The number of carbonyl (C=O) groups is 1. The Morgan fingerprint density at radius 2 is 2.13 bits per heavy atom. The molecule has 0 amide bonds. The summed E-state index contributed by atoms with van der Waals surface area (Å²) in [6.07, 6.45) is 1.71. The molecule has 1 aliphatic heterocycles. The van der Waals surface area contributed by atoms with Crippen LogP contribution in [0, 0.1) is 6.92 Å². The number of fused-ring (bicyclic) bond motifs is 1. The van der Waals surface area contributed by atoms with Crippen molar-refractivity contribution in [3.63, 3.8) is 0 Å². The average molecular weight is 445 g/mol. The van der Waals surface area contributed by atoms with Gasteiger partial charge in [-0.1, -0.05) is 17.4 Å². The maximum atomic E-state index is 13.3. The maximum Gasteiger partial charge on any atom is 0.338 e. The van der Waals surface area contributed by atoms with E-state index in [4.69, 9.17) is 13.9 Å². The summed E-state index contributed by atoms with van der Waals surface area (Å²) in [4.78, 5) is 32.2. The van der Waals surface area contributed by atoms with Gasteiger partial charge in [0.25, 0.3) is 5.56 Å². The zero-order chi connectivity index (χ0) is 21.3. The SMILES string of the molecule is COCCOC(=O)C1=C(C)N=c2s/c(=C\c3ccc(C)o3)c(=O)n2C1c1cccs1. The Kier molecular flexibility index (Phi) is 5.85. The van der Waals surface area contributed by atoms with E-state index in [1.807, 2.05) is 36.6 Å². The molecule has 3 aromatic rings. The molecule has 156 valence electrons. The van der Waals surface area contributed by atoms with Crippen LogP contribution >= 0.6 is 22.7 Å². The molecule has 0 fully saturated rings. The van der Waals surface area contributed by atoms with Gasteiger partial charge in [-0.25, -0.2) is 9.79 Å². The molecule has 4 rings (SSSR count). The van der Waals surface area contributed by atoms with Gasteiger partial charge in [0.1, 0.15) is 24.2 Å². The normalized spacial score (nSPS) is 16.5. The van der Waals surface area contributed by atoms with Crippen molar-refractivity contribution in [2.75, 3.05) is 20.3 Å². The molecule has 0 saturated heterocycles. The second-order valence-electron chi connectivity index (χ2n) is 6.67. The predicted octanol–water partition coefficient (Wildman–Crippen LogP) is 2.39. The molecule has 1 unspecified atom stereocenters. The van der Waals surface area contributed by atoms with Crippen molar-refractivity contribution in [3.05, 3.63) is 77.0 Å². The van der Waals surface area contributed by atoms with Crippen LogP contribution in [0.15, 0.2) is 55.1 Å².